The van der Waals surface area contributed by atoms with Gasteiger partial charge in [-0.3, -0.25) is 0 Å². The van der Waals surface area contributed by atoms with Crippen molar-refractivity contribution in [2.24, 2.45) is 0 Å². The van der Waals surface area contributed by atoms with Crippen LogP contribution in [-0.4, -0.2) is 24.5 Å². The van der Waals surface area contributed by atoms with Crippen molar-refractivity contribution in [2.45, 2.75) is 32.2 Å². The van der Waals surface area contributed by atoms with Gasteiger partial charge in [-0.25, -0.2) is 0 Å². The molecule has 2 heteroatoms. The summed E-state index contributed by atoms with van der Waals surface area (Å²) in [6.07, 6.45) is 4.17. The minimum atomic E-state index is 0. The average molecular weight is 194 g/mol. The average Bonchev–Trinajstić information content (AvgIpc) is 2.14. The van der Waals surface area contributed by atoms with Crippen LogP contribution in [0.15, 0.2) is 0 Å². The molecule has 0 spiro atoms. The molecule has 1 heterocycles. The highest BCUT2D eigenvalue weighted by molar-refractivity contribution is 8.93. The number of rotatable bonds is 1. The molecule has 1 aliphatic rings. The van der Waals surface area contributed by atoms with Crippen molar-refractivity contribution in [3.63, 3.8) is 0 Å². The molecule has 9 heavy (non-hydrogen) atoms. The third-order valence-corrected chi connectivity index (χ3v) is 2.14. The molecule has 1 nitrogen and oxygen atoms in total. The van der Waals surface area contributed by atoms with Crippen molar-refractivity contribution in [3.05, 3.63) is 0 Å². The van der Waals surface area contributed by atoms with Gasteiger partial charge in [-0.2, -0.15) is 0 Å². The van der Waals surface area contributed by atoms with Crippen molar-refractivity contribution in [1.29, 1.82) is 0 Å². The highest BCUT2D eigenvalue weighted by Crippen LogP contribution is 2.16. The van der Waals surface area contributed by atoms with Crippen LogP contribution in [-0.2, 0) is 0 Å². The molecule has 1 atom stereocenters. The zero-order chi connectivity index (χ0) is 5.98. The van der Waals surface area contributed by atoms with Crippen LogP contribution in [0.25, 0.3) is 0 Å². The van der Waals surface area contributed by atoms with Crippen LogP contribution in [0.2, 0.25) is 0 Å². The third kappa shape index (κ3) is 2.26. The van der Waals surface area contributed by atoms with Crippen molar-refractivity contribution in [3.8, 4) is 0 Å². The van der Waals surface area contributed by atoms with Crippen LogP contribution in [0.3, 0.4) is 0 Å². The Labute approximate surface area is 68.2 Å². The fourth-order valence-corrected chi connectivity index (χ4v) is 1.50. The zero-order valence-electron chi connectivity index (χ0n) is 6.26. The number of halogens is 1. The minimum absolute atomic E-state index is 0. The Morgan fingerprint density at radius 3 is 2.44 bits per heavy atom. The molecule has 0 aromatic rings. The Balaban J connectivity index is 0.000000640. The Morgan fingerprint density at radius 2 is 2.22 bits per heavy atom. The first-order valence-corrected chi connectivity index (χ1v) is 3.55. The lowest BCUT2D eigenvalue weighted by molar-refractivity contribution is 0.304. The van der Waals surface area contributed by atoms with Crippen molar-refractivity contribution < 1.29 is 0 Å². The summed E-state index contributed by atoms with van der Waals surface area (Å²) >= 11 is 0. The molecule has 0 amide bonds. The van der Waals surface area contributed by atoms with Gasteiger partial charge in [0.15, 0.2) is 0 Å². The van der Waals surface area contributed by atoms with E-state index in [1.54, 1.807) is 0 Å². The molecule has 1 fully saturated rings. The second-order valence-electron chi connectivity index (χ2n) is 2.68. The first-order valence-electron chi connectivity index (χ1n) is 3.55. The molecule has 56 valence electrons. The molecule has 1 unspecified atom stereocenters. The first-order chi connectivity index (χ1) is 3.84. The highest BCUT2D eigenvalue weighted by atomic mass is 79.9. The lowest BCUT2D eigenvalue weighted by Gasteiger charge is -2.16. The highest BCUT2D eigenvalue weighted by Gasteiger charge is 2.17. The van der Waals surface area contributed by atoms with Gasteiger partial charge in [0.2, 0.25) is 0 Å². The normalized spacial score (nSPS) is 28.0. The van der Waals surface area contributed by atoms with E-state index in [1.165, 1.54) is 25.8 Å². The number of hydrogen-bond donors (Lipinski definition) is 0. The second-order valence-corrected chi connectivity index (χ2v) is 2.68. The van der Waals surface area contributed by atoms with Gasteiger partial charge in [-0.05, 0) is 32.9 Å². The molecule has 0 bridgehead atoms. The quantitative estimate of drug-likeness (QED) is 0.617. The molecule has 0 aromatic carbocycles. The number of likely N-dealkylation sites (tertiary alicyclic amines) is 1. The first kappa shape index (κ1) is 9.44. The molecule has 1 rings (SSSR count). The zero-order valence-corrected chi connectivity index (χ0v) is 7.97. The lowest BCUT2D eigenvalue weighted by atomic mass is 10.2. The molecule has 0 radical (unpaired) electrons. The van der Waals surface area contributed by atoms with Gasteiger partial charge in [-0.1, -0.05) is 6.92 Å². The van der Waals surface area contributed by atoms with Crippen LogP contribution in [0.1, 0.15) is 26.2 Å². The molecule has 0 saturated carbocycles. The molecule has 1 aliphatic heterocycles. The number of hydrogen-bond acceptors (Lipinski definition) is 1. The molecule has 1 saturated heterocycles. The summed E-state index contributed by atoms with van der Waals surface area (Å²) in [5, 5.41) is 0. The summed E-state index contributed by atoms with van der Waals surface area (Å²) in [5.41, 5.74) is 0. The monoisotopic (exact) mass is 193 g/mol. The summed E-state index contributed by atoms with van der Waals surface area (Å²) in [5.74, 6) is 0. The van der Waals surface area contributed by atoms with Crippen LogP contribution in [0.5, 0.6) is 0 Å². The predicted octanol–water partition coefficient (Wildman–Crippen LogP) is 2.07. The van der Waals surface area contributed by atoms with Crippen LogP contribution >= 0.6 is 17.0 Å². The smallest absolute Gasteiger partial charge is 0.00900 e. The second kappa shape index (κ2) is 4.29. The van der Waals surface area contributed by atoms with Crippen molar-refractivity contribution in [2.75, 3.05) is 13.6 Å². The maximum Gasteiger partial charge on any atom is 0.00900 e. The van der Waals surface area contributed by atoms with Gasteiger partial charge in [-0.15, -0.1) is 17.0 Å². The predicted molar refractivity (Wildman–Crippen MR) is 46.3 cm³/mol. The van der Waals surface area contributed by atoms with E-state index < -0.39 is 0 Å². The van der Waals surface area contributed by atoms with Gasteiger partial charge in [0, 0.05) is 6.04 Å². The van der Waals surface area contributed by atoms with E-state index in [0.29, 0.717) is 0 Å². The van der Waals surface area contributed by atoms with E-state index in [9.17, 15) is 0 Å². The third-order valence-electron chi connectivity index (χ3n) is 2.14. The molecular formula is C7H16BrN. The van der Waals surface area contributed by atoms with Crippen LogP contribution in [0, 0.1) is 0 Å². The van der Waals surface area contributed by atoms with E-state index >= 15 is 0 Å². The van der Waals surface area contributed by atoms with E-state index in [4.69, 9.17) is 0 Å². The Bertz CT molecular complexity index is 75.3. The summed E-state index contributed by atoms with van der Waals surface area (Å²) < 4.78 is 0. The van der Waals surface area contributed by atoms with Gasteiger partial charge < -0.3 is 4.90 Å². The van der Waals surface area contributed by atoms with E-state index in [1.807, 2.05) is 0 Å². The van der Waals surface area contributed by atoms with Crippen LogP contribution in [0.4, 0.5) is 0 Å². The maximum atomic E-state index is 2.46. The van der Waals surface area contributed by atoms with Crippen molar-refractivity contribution >= 4 is 17.0 Å². The number of nitrogens with zero attached hydrogens (tertiary/aromatic N) is 1. The Hall–Kier alpha value is 0.440. The van der Waals surface area contributed by atoms with Gasteiger partial charge in [0.25, 0.3) is 0 Å². The maximum absolute atomic E-state index is 2.46. The van der Waals surface area contributed by atoms with E-state index in [0.717, 1.165) is 6.04 Å². The Morgan fingerprint density at radius 1 is 1.56 bits per heavy atom. The molecule has 0 N–H and O–H groups in total. The fraction of sp³-hybridized carbons (Fsp3) is 1.00. The minimum Gasteiger partial charge on any atom is -0.303 e. The van der Waals surface area contributed by atoms with E-state index in [-0.39, 0.29) is 17.0 Å². The largest absolute Gasteiger partial charge is 0.303 e. The standard InChI is InChI=1S/C7H15N.BrH/c1-3-7-5-4-6-8(7)2;/h7H,3-6H2,1-2H3;1H. The van der Waals surface area contributed by atoms with Gasteiger partial charge in [0.05, 0.1) is 0 Å². The summed E-state index contributed by atoms with van der Waals surface area (Å²) in [7, 11) is 2.22. The SMILES string of the molecule is Br.CCC1CCCN1C. The molecule has 0 aromatic heterocycles. The topological polar surface area (TPSA) is 3.24 Å². The lowest BCUT2D eigenvalue weighted by Crippen LogP contribution is -2.23. The van der Waals surface area contributed by atoms with E-state index in [2.05, 4.69) is 18.9 Å². The van der Waals surface area contributed by atoms with Gasteiger partial charge in [0.1, 0.15) is 0 Å². The summed E-state index contributed by atoms with van der Waals surface area (Å²) in [4.78, 5) is 2.46. The Kier molecular flexibility index (Phi) is 4.50. The fourth-order valence-electron chi connectivity index (χ4n) is 1.50. The molecule has 0 aliphatic carbocycles. The van der Waals surface area contributed by atoms with Crippen molar-refractivity contribution in [1.82, 2.24) is 4.90 Å². The summed E-state index contributed by atoms with van der Waals surface area (Å²) in [6.45, 7) is 3.59. The van der Waals surface area contributed by atoms with Crippen LogP contribution < -0.4 is 0 Å². The summed E-state index contributed by atoms with van der Waals surface area (Å²) in [6, 6.07) is 0.898. The van der Waals surface area contributed by atoms with Gasteiger partial charge >= 0.3 is 0 Å². The molecular weight excluding hydrogens is 178 g/mol.